The molecule has 0 aromatic carbocycles. The van der Waals surface area contributed by atoms with Gasteiger partial charge in [-0.15, -0.1) is 12.4 Å². The molecular formula is C16H9ClN8Pt. The molecule has 0 saturated carbocycles. The maximum Gasteiger partial charge on any atom is 0.156 e. The van der Waals surface area contributed by atoms with Gasteiger partial charge in [-0.2, -0.15) is 0 Å². The molecule has 5 heterocycles. The smallest absolute Gasteiger partial charge is 0.156 e. The summed E-state index contributed by atoms with van der Waals surface area (Å²) in [5, 5.41) is 0. The van der Waals surface area contributed by atoms with Crippen LogP contribution in [0.5, 0.6) is 0 Å². The Hall–Kier alpha value is -2.70. The van der Waals surface area contributed by atoms with E-state index in [2.05, 4.69) is 39.9 Å². The summed E-state index contributed by atoms with van der Waals surface area (Å²) in [6, 6.07) is 0. The van der Waals surface area contributed by atoms with E-state index in [-0.39, 0.29) is 33.5 Å². The Morgan fingerprint density at radius 3 is 0.538 bits per heavy atom. The van der Waals surface area contributed by atoms with Crippen molar-refractivity contribution in [3.05, 3.63) is 48.6 Å². The van der Waals surface area contributed by atoms with E-state index in [1.54, 1.807) is 48.6 Å². The standard InChI is InChI=1S/C16H8N8.ClH.Pt/c1-2-10-17-9(1)21-11-3-4-13(18-11)23-15-7-8-16(20-15)24-14-6-5-12(19-14)22-10;;/h1-8H;1H;/b21-9-,21-11?,22-10?,22-12-,23-13-,23-15?,24-14?,24-16-;;. The molecule has 0 aromatic heterocycles. The average molecular weight is 544 g/mol. The van der Waals surface area contributed by atoms with Gasteiger partial charge < -0.3 is 0 Å². The Labute approximate surface area is 168 Å². The van der Waals surface area contributed by atoms with Crippen molar-refractivity contribution < 1.29 is 21.1 Å². The Morgan fingerprint density at radius 2 is 0.423 bits per heavy atom. The zero-order valence-corrected chi connectivity index (χ0v) is 16.0. The van der Waals surface area contributed by atoms with Gasteiger partial charge in [0.1, 0.15) is 0 Å². The van der Waals surface area contributed by atoms with Crippen molar-refractivity contribution in [3.63, 3.8) is 0 Å². The van der Waals surface area contributed by atoms with Gasteiger partial charge in [0.2, 0.25) is 0 Å². The summed E-state index contributed by atoms with van der Waals surface area (Å²) in [6.45, 7) is 0. The fourth-order valence-electron chi connectivity index (χ4n) is 2.33. The molecule has 8 bridgehead atoms. The van der Waals surface area contributed by atoms with Crippen LogP contribution in [-0.4, -0.2) is 46.7 Å². The van der Waals surface area contributed by atoms with Crippen LogP contribution in [0.25, 0.3) is 0 Å². The van der Waals surface area contributed by atoms with Gasteiger partial charge in [0.05, 0.1) is 0 Å². The van der Waals surface area contributed by atoms with Gasteiger partial charge in [-0.3, -0.25) is 0 Å². The minimum absolute atomic E-state index is 0. The Balaban J connectivity index is 0.000000980. The molecule has 26 heavy (non-hydrogen) atoms. The van der Waals surface area contributed by atoms with Crippen molar-refractivity contribution in [3.8, 4) is 0 Å². The van der Waals surface area contributed by atoms with E-state index in [1.165, 1.54) is 0 Å². The van der Waals surface area contributed by atoms with Crippen molar-refractivity contribution in [2.75, 3.05) is 0 Å². The van der Waals surface area contributed by atoms with E-state index in [0.717, 1.165) is 0 Å². The Bertz CT molecular complexity index is 860. The number of halogens is 1. The molecule has 0 aliphatic carbocycles. The predicted molar refractivity (Wildman–Crippen MR) is 103 cm³/mol. The quantitative estimate of drug-likeness (QED) is 0.446. The largest absolute Gasteiger partial charge is 0.209 e. The summed E-state index contributed by atoms with van der Waals surface area (Å²) in [6.07, 6.45) is 14.2. The first-order valence-electron chi connectivity index (χ1n) is 7.22. The number of hydrogen-bond acceptors (Lipinski definition) is 8. The molecule has 0 atom stereocenters. The van der Waals surface area contributed by atoms with Crippen molar-refractivity contribution in [1.82, 2.24) is 0 Å². The second kappa shape index (κ2) is 7.27. The molecule has 5 aliphatic heterocycles. The van der Waals surface area contributed by atoms with Crippen LogP contribution in [0, 0.1) is 0 Å². The summed E-state index contributed by atoms with van der Waals surface area (Å²) in [5.74, 6) is 4.30. The minimum Gasteiger partial charge on any atom is -0.209 e. The van der Waals surface area contributed by atoms with Gasteiger partial charge in [0.15, 0.2) is 46.7 Å². The number of amidine groups is 8. The van der Waals surface area contributed by atoms with Crippen LogP contribution in [0.1, 0.15) is 0 Å². The van der Waals surface area contributed by atoms with Crippen molar-refractivity contribution >= 4 is 59.1 Å². The fraction of sp³-hybridized carbons (Fsp3) is 0. The summed E-state index contributed by atoms with van der Waals surface area (Å²) in [4.78, 5) is 34.8. The van der Waals surface area contributed by atoms with Crippen LogP contribution in [0.3, 0.4) is 0 Å². The van der Waals surface area contributed by atoms with Crippen molar-refractivity contribution in [1.29, 1.82) is 0 Å². The summed E-state index contributed by atoms with van der Waals surface area (Å²) >= 11 is 0. The van der Waals surface area contributed by atoms with E-state index >= 15 is 0 Å². The van der Waals surface area contributed by atoms with Gasteiger partial charge in [0.25, 0.3) is 0 Å². The van der Waals surface area contributed by atoms with E-state index in [0.29, 0.717) is 46.7 Å². The maximum atomic E-state index is 4.37. The van der Waals surface area contributed by atoms with Gasteiger partial charge in [0, 0.05) is 21.1 Å². The first-order chi connectivity index (χ1) is 11.8. The Kier molecular flexibility index (Phi) is 5.06. The van der Waals surface area contributed by atoms with Gasteiger partial charge in [-0.1, -0.05) is 0 Å². The second-order valence-corrected chi connectivity index (χ2v) is 5.09. The van der Waals surface area contributed by atoms with Crippen molar-refractivity contribution in [2.24, 2.45) is 39.9 Å². The number of aliphatic imine (C=N–C) groups is 8. The average Bonchev–Trinajstić information content (AvgIpc) is 3.32. The van der Waals surface area contributed by atoms with Crippen LogP contribution in [0.2, 0.25) is 0 Å². The first kappa shape index (κ1) is 18.1. The van der Waals surface area contributed by atoms with E-state index in [9.17, 15) is 0 Å². The summed E-state index contributed by atoms with van der Waals surface area (Å²) in [5.41, 5.74) is 0. The molecular weight excluding hydrogens is 535 g/mol. The molecule has 0 radical (unpaired) electrons. The molecule has 5 rings (SSSR count). The fourth-order valence-corrected chi connectivity index (χ4v) is 2.33. The molecule has 10 heteroatoms. The topological polar surface area (TPSA) is 98.9 Å². The molecule has 130 valence electrons. The molecule has 0 saturated heterocycles. The van der Waals surface area contributed by atoms with Crippen LogP contribution >= 0.6 is 12.4 Å². The van der Waals surface area contributed by atoms with E-state index < -0.39 is 0 Å². The van der Waals surface area contributed by atoms with E-state index in [4.69, 9.17) is 0 Å². The second-order valence-electron chi connectivity index (χ2n) is 5.09. The summed E-state index contributed by atoms with van der Waals surface area (Å²) < 4.78 is 0. The van der Waals surface area contributed by atoms with Crippen molar-refractivity contribution in [2.45, 2.75) is 0 Å². The minimum atomic E-state index is 0. The summed E-state index contributed by atoms with van der Waals surface area (Å²) in [7, 11) is 0. The maximum absolute atomic E-state index is 4.37. The molecule has 5 aliphatic rings. The third-order valence-electron chi connectivity index (χ3n) is 3.36. The third kappa shape index (κ3) is 3.61. The zero-order valence-electron chi connectivity index (χ0n) is 12.9. The third-order valence-corrected chi connectivity index (χ3v) is 3.36. The van der Waals surface area contributed by atoms with Crippen LogP contribution in [-0.2, 0) is 21.1 Å². The number of rotatable bonds is 0. The Morgan fingerprint density at radius 1 is 0.308 bits per heavy atom. The van der Waals surface area contributed by atoms with Crippen LogP contribution < -0.4 is 0 Å². The van der Waals surface area contributed by atoms with E-state index in [1.807, 2.05) is 0 Å². The molecule has 0 aromatic rings. The number of hydrogen-bond donors (Lipinski definition) is 0. The van der Waals surface area contributed by atoms with Crippen LogP contribution in [0.15, 0.2) is 88.5 Å². The normalized spacial score (nSPS) is 28.9. The molecule has 0 spiro atoms. The number of fused-ring (bicyclic) bond motifs is 4. The SMILES string of the molecule is C1=C/C2=N/C3=NC(=N\C4=NC(=N\C5=NC(=N\C1=N2)/C=C5)/C=C4)/C=C3.Cl.[Pt]. The van der Waals surface area contributed by atoms with Gasteiger partial charge >= 0.3 is 0 Å². The van der Waals surface area contributed by atoms with Gasteiger partial charge in [-0.05, 0) is 48.6 Å². The zero-order chi connectivity index (χ0) is 15.9. The predicted octanol–water partition coefficient (Wildman–Crippen LogP) is 1.89. The first-order valence-corrected chi connectivity index (χ1v) is 7.22. The molecule has 0 unspecified atom stereocenters. The molecule has 8 nitrogen and oxygen atoms in total. The van der Waals surface area contributed by atoms with Crippen LogP contribution in [0.4, 0.5) is 0 Å². The molecule has 0 amide bonds. The van der Waals surface area contributed by atoms with Gasteiger partial charge in [-0.25, -0.2) is 39.9 Å². The number of nitrogens with zero attached hydrogens (tertiary/aromatic N) is 8. The molecule has 0 N–H and O–H groups in total. The molecule has 0 fully saturated rings. The monoisotopic (exact) mass is 543 g/mol.